The number of hydrogen-bond donors (Lipinski definition) is 0. The molecule has 0 aliphatic heterocycles. The van der Waals surface area contributed by atoms with Crippen LogP contribution in [-0.4, -0.2) is 14.6 Å². The Bertz CT molecular complexity index is 68.5. The zero-order valence-electron chi connectivity index (χ0n) is 4.30. The van der Waals surface area contributed by atoms with E-state index in [9.17, 15) is 0 Å². The van der Waals surface area contributed by atoms with E-state index in [1.165, 1.54) is 0 Å². The number of hydrogen-bond acceptors (Lipinski definition) is 1. The van der Waals surface area contributed by atoms with E-state index >= 15 is 0 Å². The van der Waals surface area contributed by atoms with Crippen molar-refractivity contribution in [2.75, 3.05) is 0 Å². The number of aliphatic imine (C=N–C) groups is 1. The van der Waals surface area contributed by atoms with E-state index in [1.807, 2.05) is 6.08 Å². The van der Waals surface area contributed by atoms with Gasteiger partial charge in [0.25, 0.3) is 0 Å². The van der Waals surface area contributed by atoms with Gasteiger partial charge in [-0.3, -0.25) is 4.99 Å². The van der Waals surface area contributed by atoms with Crippen molar-refractivity contribution in [1.82, 2.24) is 0 Å². The van der Waals surface area contributed by atoms with Crippen molar-refractivity contribution in [3.05, 3.63) is 12.3 Å². The van der Waals surface area contributed by atoms with E-state index in [1.54, 1.807) is 6.20 Å². The molecule has 0 aromatic rings. The maximum Gasteiger partial charge on any atom is 0.0657 e. The van der Waals surface area contributed by atoms with Gasteiger partial charge in [0.2, 0.25) is 0 Å². The van der Waals surface area contributed by atoms with Crippen molar-refractivity contribution in [2.45, 2.75) is 12.7 Å². The molecule has 36 valence electrons. The van der Waals surface area contributed by atoms with Crippen LogP contribution in [-0.2, 0) is 0 Å². The molecule has 7 heavy (non-hydrogen) atoms. The predicted molar refractivity (Wildman–Crippen MR) is 33.9 cm³/mol. The highest BCUT2D eigenvalue weighted by Gasteiger charge is 1.66. The predicted octanol–water partition coefficient (Wildman–Crippen LogP) is 1.18. The van der Waals surface area contributed by atoms with Crippen LogP contribution >= 0.6 is 0 Å². The lowest BCUT2D eigenvalue weighted by molar-refractivity contribution is 1.20. The lowest BCUT2D eigenvalue weighted by Crippen LogP contribution is -1.61. The molecule has 2 radical (unpaired) electrons. The zero-order valence-corrected chi connectivity index (χ0v) is 4.30. The number of allylic oxidation sites excluding steroid dienone is 1. The molecular formula is C5H8BN. The molecule has 0 aromatic carbocycles. The SMILES string of the molecule is [B]CC/C=C\N=C. The van der Waals surface area contributed by atoms with Gasteiger partial charge in [-0.05, 0) is 13.1 Å². The molecule has 0 amide bonds. The second-order valence-electron chi connectivity index (χ2n) is 1.14. The summed E-state index contributed by atoms with van der Waals surface area (Å²) in [4.78, 5) is 3.49. The van der Waals surface area contributed by atoms with E-state index in [-0.39, 0.29) is 0 Å². The van der Waals surface area contributed by atoms with E-state index in [4.69, 9.17) is 7.85 Å². The Hall–Kier alpha value is -0.525. The lowest BCUT2D eigenvalue weighted by atomic mass is 10.0. The van der Waals surface area contributed by atoms with Crippen LogP contribution in [0.5, 0.6) is 0 Å². The van der Waals surface area contributed by atoms with Crippen molar-refractivity contribution in [3.8, 4) is 0 Å². The van der Waals surface area contributed by atoms with Gasteiger partial charge in [-0.25, -0.2) is 0 Å². The fraction of sp³-hybridized carbons (Fsp3) is 0.400. The summed E-state index contributed by atoms with van der Waals surface area (Å²) in [7, 11) is 5.16. The molecule has 0 atom stereocenters. The summed E-state index contributed by atoms with van der Waals surface area (Å²) in [5.41, 5.74) is 0. The molecule has 0 spiro atoms. The van der Waals surface area contributed by atoms with Gasteiger partial charge >= 0.3 is 0 Å². The van der Waals surface area contributed by atoms with E-state index in [0.29, 0.717) is 6.32 Å². The molecule has 0 N–H and O–H groups in total. The Morgan fingerprint density at radius 2 is 2.43 bits per heavy atom. The van der Waals surface area contributed by atoms with Crippen LogP contribution in [0.3, 0.4) is 0 Å². The quantitative estimate of drug-likeness (QED) is 0.367. The van der Waals surface area contributed by atoms with E-state index in [2.05, 4.69) is 11.7 Å². The molecule has 0 unspecified atom stereocenters. The Kier molecular flexibility index (Phi) is 5.06. The average Bonchev–Trinajstić information content (AvgIpc) is 1.69. The standard InChI is InChI=1S/C5H8BN/c1-7-5-3-2-4-6/h3,5H,1-2,4H2/b5-3-. The van der Waals surface area contributed by atoms with Gasteiger partial charge in [0.15, 0.2) is 0 Å². The highest BCUT2D eigenvalue weighted by Crippen LogP contribution is 1.84. The first kappa shape index (κ1) is 6.47. The monoisotopic (exact) mass is 93.1 g/mol. The lowest BCUT2D eigenvalue weighted by Gasteiger charge is -1.77. The minimum atomic E-state index is 0.687. The smallest absolute Gasteiger partial charge is 0.0657 e. The Morgan fingerprint density at radius 3 is 2.86 bits per heavy atom. The molecule has 0 aliphatic rings. The highest BCUT2D eigenvalue weighted by molar-refractivity contribution is 6.08. The third-order valence-electron chi connectivity index (χ3n) is 0.544. The fourth-order valence-electron chi connectivity index (χ4n) is 0.245. The van der Waals surface area contributed by atoms with Crippen molar-refractivity contribution in [3.63, 3.8) is 0 Å². The molecule has 0 rings (SSSR count). The van der Waals surface area contributed by atoms with Gasteiger partial charge in [-0.2, -0.15) is 0 Å². The average molecular weight is 92.9 g/mol. The zero-order chi connectivity index (χ0) is 5.54. The molecule has 0 bridgehead atoms. The summed E-state index contributed by atoms with van der Waals surface area (Å²) in [5, 5.41) is 0. The van der Waals surface area contributed by atoms with Gasteiger partial charge in [-0.15, -0.1) is 0 Å². The summed E-state index contributed by atoms with van der Waals surface area (Å²) in [6.07, 6.45) is 5.10. The summed E-state index contributed by atoms with van der Waals surface area (Å²) in [6.45, 7) is 3.25. The Balaban J connectivity index is 2.92. The van der Waals surface area contributed by atoms with Crippen LogP contribution in [0.25, 0.3) is 0 Å². The summed E-state index contributed by atoms with van der Waals surface area (Å²) in [5.74, 6) is 0. The van der Waals surface area contributed by atoms with Gasteiger partial charge in [-0.1, -0.05) is 12.4 Å². The van der Waals surface area contributed by atoms with Crippen LogP contribution in [0.1, 0.15) is 6.42 Å². The number of nitrogens with zero attached hydrogens (tertiary/aromatic N) is 1. The van der Waals surface area contributed by atoms with Crippen molar-refractivity contribution in [1.29, 1.82) is 0 Å². The molecule has 0 saturated carbocycles. The topological polar surface area (TPSA) is 12.4 Å². The minimum Gasteiger partial charge on any atom is -0.273 e. The maximum atomic E-state index is 5.16. The maximum absolute atomic E-state index is 5.16. The molecule has 0 aliphatic carbocycles. The van der Waals surface area contributed by atoms with Crippen molar-refractivity contribution >= 4 is 14.6 Å². The molecule has 0 aromatic heterocycles. The van der Waals surface area contributed by atoms with Crippen LogP contribution in [0, 0.1) is 0 Å². The Labute approximate surface area is 45.6 Å². The number of rotatable bonds is 3. The summed E-state index contributed by atoms with van der Waals surface area (Å²) < 4.78 is 0. The molecule has 0 fully saturated rings. The van der Waals surface area contributed by atoms with Crippen LogP contribution in [0.15, 0.2) is 17.3 Å². The first-order chi connectivity index (χ1) is 3.41. The third-order valence-corrected chi connectivity index (χ3v) is 0.544. The molecular weight excluding hydrogens is 84.9 g/mol. The van der Waals surface area contributed by atoms with Crippen molar-refractivity contribution in [2.24, 2.45) is 4.99 Å². The second kappa shape index (κ2) is 5.47. The van der Waals surface area contributed by atoms with E-state index < -0.39 is 0 Å². The van der Waals surface area contributed by atoms with Gasteiger partial charge in [0, 0.05) is 6.20 Å². The minimum absolute atomic E-state index is 0.687. The summed E-state index contributed by atoms with van der Waals surface area (Å²) >= 11 is 0. The van der Waals surface area contributed by atoms with Crippen LogP contribution in [0.4, 0.5) is 0 Å². The van der Waals surface area contributed by atoms with Gasteiger partial charge in [0.05, 0.1) is 7.85 Å². The molecule has 1 nitrogen and oxygen atoms in total. The molecule has 2 heteroatoms. The first-order valence-electron chi connectivity index (χ1n) is 2.22. The molecule has 0 saturated heterocycles. The van der Waals surface area contributed by atoms with Gasteiger partial charge in [0.1, 0.15) is 0 Å². The first-order valence-corrected chi connectivity index (χ1v) is 2.22. The third kappa shape index (κ3) is 5.47. The fourth-order valence-corrected chi connectivity index (χ4v) is 0.245. The highest BCUT2D eigenvalue weighted by atomic mass is 14.6. The Morgan fingerprint density at radius 1 is 1.71 bits per heavy atom. The largest absolute Gasteiger partial charge is 0.273 e. The van der Waals surface area contributed by atoms with Crippen LogP contribution in [0.2, 0.25) is 6.32 Å². The normalized spacial score (nSPS) is 9.71. The van der Waals surface area contributed by atoms with E-state index in [0.717, 1.165) is 6.42 Å². The second-order valence-corrected chi connectivity index (χ2v) is 1.14. The summed E-state index contributed by atoms with van der Waals surface area (Å²) in [6, 6.07) is 0. The van der Waals surface area contributed by atoms with Crippen molar-refractivity contribution < 1.29 is 0 Å². The van der Waals surface area contributed by atoms with Crippen LogP contribution < -0.4 is 0 Å². The molecule has 0 heterocycles. The van der Waals surface area contributed by atoms with Gasteiger partial charge < -0.3 is 0 Å².